The minimum Gasteiger partial charge on any atom is -0.353 e. The molecule has 8 nitrogen and oxygen atoms in total. The summed E-state index contributed by atoms with van der Waals surface area (Å²) >= 11 is 5.64. The van der Waals surface area contributed by atoms with Gasteiger partial charge in [0, 0.05) is 58.0 Å². The Balaban J connectivity index is 1.31. The first kappa shape index (κ1) is 23.4. The van der Waals surface area contributed by atoms with Crippen molar-refractivity contribution in [2.24, 2.45) is 0 Å². The fourth-order valence-corrected chi connectivity index (χ4v) is 4.08. The molecular formula is C21H25ClF3N7O. The molecule has 178 valence electrons. The molecule has 0 saturated carbocycles. The summed E-state index contributed by atoms with van der Waals surface area (Å²) < 4.78 is 39.1. The van der Waals surface area contributed by atoms with Gasteiger partial charge in [0.1, 0.15) is 0 Å². The molecule has 0 aliphatic carbocycles. The van der Waals surface area contributed by atoms with Gasteiger partial charge in [-0.15, -0.1) is 10.2 Å². The van der Waals surface area contributed by atoms with E-state index >= 15 is 0 Å². The normalized spacial score (nSPS) is 17.9. The molecule has 2 aliphatic rings. The van der Waals surface area contributed by atoms with E-state index in [1.54, 1.807) is 4.90 Å². The van der Waals surface area contributed by atoms with Crippen molar-refractivity contribution in [1.29, 1.82) is 0 Å². The van der Waals surface area contributed by atoms with Crippen LogP contribution in [0, 0.1) is 0 Å². The summed E-state index contributed by atoms with van der Waals surface area (Å²) in [6.45, 7) is 5.71. The maximum Gasteiger partial charge on any atom is 0.417 e. The number of nitrogens with zero attached hydrogens (tertiary/aromatic N) is 6. The molecule has 2 amide bonds. The van der Waals surface area contributed by atoms with Crippen LogP contribution in [-0.4, -0.2) is 85.4 Å². The van der Waals surface area contributed by atoms with Crippen LogP contribution in [-0.2, 0) is 6.18 Å². The van der Waals surface area contributed by atoms with Crippen LogP contribution in [0.15, 0.2) is 30.3 Å². The average molecular weight is 484 g/mol. The third-order valence-electron chi connectivity index (χ3n) is 5.88. The molecule has 2 aromatic rings. The molecule has 2 aliphatic heterocycles. The highest BCUT2D eigenvalue weighted by Gasteiger charge is 2.33. The second-order valence-corrected chi connectivity index (χ2v) is 8.54. The number of aromatic nitrogens is 2. The Hall–Kier alpha value is -2.79. The van der Waals surface area contributed by atoms with Crippen molar-refractivity contribution in [3.05, 3.63) is 40.9 Å². The Morgan fingerprint density at radius 2 is 1.45 bits per heavy atom. The topological polar surface area (TPSA) is 67.8 Å². The highest BCUT2D eigenvalue weighted by Crippen LogP contribution is 2.36. The number of rotatable bonds is 3. The lowest BCUT2D eigenvalue weighted by molar-refractivity contribution is -0.137. The summed E-state index contributed by atoms with van der Waals surface area (Å²) in [5, 5.41) is 10.8. The first-order valence-electron chi connectivity index (χ1n) is 10.7. The number of urea groups is 1. The van der Waals surface area contributed by atoms with E-state index < -0.39 is 22.8 Å². The molecule has 0 atom stereocenters. The van der Waals surface area contributed by atoms with Gasteiger partial charge in [0.2, 0.25) is 0 Å². The highest BCUT2D eigenvalue weighted by molar-refractivity contribution is 6.31. The Morgan fingerprint density at radius 3 is 1.97 bits per heavy atom. The second-order valence-electron chi connectivity index (χ2n) is 8.14. The number of alkyl halides is 3. The predicted molar refractivity (Wildman–Crippen MR) is 121 cm³/mol. The van der Waals surface area contributed by atoms with Crippen molar-refractivity contribution in [2.45, 2.75) is 6.18 Å². The maximum absolute atomic E-state index is 13.0. The van der Waals surface area contributed by atoms with Crippen molar-refractivity contribution in [3.8, 4) is 0 Å². The molecule has 12 heteroatoms. The number of carbonyl (C=O) groups excluding carboxylic acids is 1. The number of benzene rings is 1. The number of piperazine rings is 2. The van der Waals surface area contributed by atoms with Crippen molar-refractivity contribution in [1.82, 2.24) is 20.0 Å². The monoisotopic (exact) mass is 483 g/mol. The van der Waals surface area contributed by atoms with Crippen LogP contribution in [0.2, 0.25) is 5.02 Å². The number of halogens is 4. The van der Waals surface area contributed by atoms with Gasteiger partial charge in [-0.1, -0.05) is 11.6 Å². The van der Waals surface area contributed by atoms with Crippen LogP contribution in [0.1, 0.15) is 5.56 Å². The smallest absolute Gasteiger partial charge is 0.353 e. The molecule has 4 rings (SSSR count). The van der Waals surface area contributed by atoms with Gasteiger partial charge in [0.25, 0.3) is 0 Å². The molecule has 33 heavy (non-hydrogen) atoms. The van der Waals surface area contributed by atoms with Gasteiger partial charge in [0.15, 0.2) is 11.6 Å². The van der Waals surface area contributed by atoms with E-state index in [9.17, 15) is 18.0 Å². The molecule has 3 heterocycles. The van der Waals surface area contributed by atoms with E-state index in [1.807, 2.05) is 17.0 Å². The van der Waals surface area contributed by atoms with Crippen LogP contribution in [0.3, 0.4) is 0 Å². The van der Waals surface area contributed by atoms with Crippen molar-refractivity contribution < 1.29 is 18.0 Å². The lowest BCUT2D eigenvalue weighted by atomic mass is 10.2. The van der Waals surface area contributed by atoms with Crippen LogP contribution < -0.4 is 15.1 Å². The second kappa shape index (κ2) is 9.60. The molecule has 1 aromatic carbocycles. The maximum atomic E-state index is 13.0. The number of hydrogen-bond donors (Lipinski definition) is 1. The van der Waals surface area contributed by atoms with Gasteiger partial charge in [-0.3, -0.25) is 0 Å². The van der Waals surface area contributed by atoms with E-state index in [1.165, 1.54) is 6.07 Å². The highest BCUT2D eigenvalue weighted by atomic mass is 35.5. The molecule has 1 aromatic heterocycles. The van der Waals surface area contributed by atoms with Crippen LogP contribution in [0.25, 0.3) is 0 Å². The first-order valence-corrected chi connectivity index (χ1v) is 11.0. The number of nitrogens with one attached hydrogen (secondary N) is 1. The number of carbonyl (C=O) groups is 1. The van der Waals surface area contributed by atoms with Gasteiger partial charge in [-0.05, 0) is 37.4 Å². The molecule has 0 radical (unpaired) electrons. The summed E-state index contributed by atoms with van der Waals surface area (Å²) in [6, 6.07) is 6.76. The quantitative estimate of drug-likeness (QED) is 0.723. The lowest BCUT2D eigenvalue weighted by Crippen LogP contribution is -2.50. The fraction of sp³-hybridized carbons (Fsp3) is 0.476. The van der Waals surface area contributed by atoms with Gasteiger partial charge < -0.3 is 24.9 Å². The molecule has 0 bridgehead atoms. The van der Waals surface area contributed by atoms with Crippen LogP contribution in [0.4, 0.5) is 35.3 Å². The van der Waals surface area contributed by atoms with E-state index in [2.05, 4.69) is 32.4 Å². The van der Waals surface area contributed by atoms with E-state index in [0.29, 0.717) is 26.2 Å². The minimum atomic E-state index is -4.59. The van der Waals surface area contributed by atoms with Gasteiger partial charge in [-0.2, -0.15) is 13.2 Å². The summed E-state index contributed by atoms with van der Waals surface area (Å²) in [5.41, 5.74) is -0.935. The number of amides is 2. The molecule has 2 fully saturated rings. The van der Waals surface area contributed by atoms with Gasteiger partial charge in [0.05, 0.1) is 10.6 Å². The van der Waals surface area contributed by atoms with E-state index in [-0.39, 0.29) is 5.69 Å². The summed E-state index contributed by atoms with van der Waals surface area (Å²) in [7, 11) is 2.10. The lowest BCUT2D eigenvalue weighted by Gasteiger charge is -2.35. The number of anilines is 3. The summed E-state index contributed by atoms with van der Waals surface area (Å²) in [4.78, 5) is 20.6. The Labute approximate surface area is 194 Å². The number of hydrogen-bond acceptors (Lipinski definition) is 6. The Morgan fingerprint density at radius 1 is 0.909 bits per heavy atom. The largest absolute Gasteiger partial charge is 0.417 e. The number of likely N-dealkylation sites (N-methyl/N-ethyl adjacent to an activating group) is 1. The molecule has 1 N–H and O–H groups in total. The average Bonchev–Trinajstić information content (AvgIpc) is 2.80. The van der Waals surface area contributed by atoms with Gasteiger partial charge in [-0.25, -0.2) is 4.79 Å². The molecule has 0 spiro atoms. The Bertz CT molecular complexity index is 973. The van der Waals surface area contributed by atoms with Crippen LogP contribution >= 0.6 is 11.6 Å². The van der Waals surface area contributed by atoms with Crippen molar-refractivity contribution in [3.63, 3.8) is 0 Å². The third-order valence-corrected chi connectivity index (χ3v) is 6.21. The van der Waals surface area contributed by atoms with E-state index in [0.717, 1.165) is 49.9 Å². The van der Waals surface area contributed by atoms with E-state index in [4.69, 9.17) is 11.6 Å². The Kier molecular flexibility index (Phi) is 6.80. The first-order chi connectivity index (χ1) is 15.7. The SMILES string of the molecule is CN1CCN(c2ccc(N3CCN(C(=O)Nc4ccc(Cl)c(C(F)(F)F)c4)CC3)nn2)CC1. The third kappa shape index (κ3) is 5.59. The zero-order chi connectivity index (χ0) is 23.6. The van der Waals surface area contributed by atoms with Crippen molar-refractivity contribution in [2.75, 3.05) is 74.5 Å². The zero-order valence-electron chi connectivity index (χ0n) is 18.1. The van der Waals surface area contributed by atoms with Crippen LogP contribution in [0.5, 0.6) is 0 Å². The standard InChI is InChI=1S/C21H25ClF3N7O/c1-29-6-8-30(9-7-29)18-4-5-19(28-27-18)31-10-12-32(13-11-31)20(33)26-15-2-3-17(22)16(14-15)21(23,24)25/h2-5,14H,6-13H2,1H3,(H,26,33). The minimum absolute atomic E-state index is 0.0458. The summed E-state index contributed by atoms with van der Waals surface area (Å²) in [5.74, 6) is 1.59. The fourth-order valence-electron chi connectivity index (χ4n) is 3.85. The van der Waals surface area contributed by atoms with Gasteiger partial charge >= 0.3 is 12.2 Å². The molecular weight excluding hydrogens is 459 g/mol. The summed E-state index contributed by atoms with van der Waals surface area (Å²) in [6.07, 6.45) is -4.59. The molecule has 0 unspecified atom stereocenters. The van der Waals surface area contributed by atoms with Crippen molar-refractivity contribution >= 4 is 35.0 Å². The molecule has 2 saturated heterocycles. The zero-order valence-corrected chi connectivity index (χ0v) is 18.9. The predicted octanol–water partition coefficient (Wildman–Crippen LogP) is 3.25.